The molecule has 0 heterocycles. The first kappa shape index (κ1) is 25.0. The maximum absolute atomic E-state index is 13.0. The van der Waals surface area contributed by atoms with Gasteiger partial charge in [0, 0.05) is 18.2 Å². The van der Waals surface area contributed by atoms with Crippen molar-refractivity contribution in [2.75, 3.05) is 7.05 Å². The molecule has 1 aromatic rings. The Morgan fingerprint density at radius 2 is 1.60 bits per heavy atom. The molecule has 0 aromatic heterocycles. The van der Waals surface area contributed by atoms with Gasteiger partial charge in [0.25, 0.3) is 0 Å². The number of amides is 3. The summed E-state index contributed by atoms with van der Waals surface area (Å²) in [6.45, 7) is 12.3. The normalized spacial score (nSPS) is 13.4. The summed E-state index contributed by atoms with van der Waals surface area (Å²) in [6.07, 6.45) is 4.71. The second-order valence-electron chi connectivity index (χ2n) is 9.23. The lowest BCUT2D eigenvalue weighted by Crippen LogP contribution is -2.52. The number of alkyl carbamates (subject to hydrolysis) is 1. The number of rotatable bonds is 5. The smallest absolute Gasteiger partial charge is 0.408 e. The Balaban J connectivity index is 3.12. The summed E-state index contributed by atoms with van der Waals surface area (Å²) in [4.78, 5) is 39.4. The SMILES string of the molecule is C#Cc1ccc(C(C(=O)NC(C)(C)C)N(C)C(=O)C(C)NC(=O)OC(C)(C)C)cc1. The summed E-state index contributed by atoms with van der Waals surface area (Å²) >= 11 is 0. The van der Waals surface area contributed by atoms with E-state index in [0.29, 0.717) is 11.1 Å². The van der Waals surface area contributed by atoms with Crippen LogP contribution in [0.25, 0.3) is 0 Å². The van der Waals surface area contributed by atoms with Gasteiger partial charge in [-0.1, -0.05) is 18.1 Å². The van der Waals surface area contributed by atoms with Gasteiger partial charge in [-0.2, -0.15) is 0 Å². The number of nitrogens with zero attached hydrogens (tertiary/aromatic N) is 1. The number of benzene rings is 1. The molecule has 0 radical (unpaired) electrons. The van der Waals surface area contributed by atoms with E-state index >= 15 is 0 Å². The highest BCUT2D eigenvalue weighted by Crippen LogP contribution is 2.22. The number of terminal acetylenes is 1. The highest BCUT2D eigenvalue weighted by atomic mass is 16.6. The third kappa shape index (κ3) is 7.78. The van der Waals surface area contributed by atoms with Crippen molar-refractivity contribution >= 4 is 17.9 Å². The molecule has 1 aromatic carbocycles. The molecule has 2 atom stereocenters. The maximum Gasteiger partial charge on any atom is 0.408 e. The molecule has 0 saturated heterocycles. The number of carbonyl (C=O) groups excluding carboxylic acids is 3. The second-order valence-corrected chi connectivity index (χ2v) is 9.23. The zero-order valence-electron chi connectivity index (χ0n) is 19.1. The van der Waals surface area contributed by atoms with E-state index in [1.807, 2.05) is 20.8 Å². The molecule has 7 nitrogen and oxygen atoms in total. The van der Waals surface area contributed by atoms with Gasteiger partial charge in [-0.15, -0.1) is 6.42 Å². The Hall–Kier alpha value is -3.01. The summed E-state index contributed by atoms with van der Waals surface area (Å²) in [6, 6.07) is 5.09. The average molecular weight is 416 g/mol. The molecule has 164 valence electrons. The van der Waals surface area contributed by atoms with Gasteiger partial charge in [0.1, 0.15) is 17.7 Å². The maximum atomic E-state index is 13.0. The molecule has 2 unspecified atom stereocenters. The highest BCUT2D eigenvalue weighted by Gasteiger charge is 2.33. The summed E-state index contributed by atoms with van der Waals surface area (Å²) in [5.41, 5.74) is 0.101. The standard InChI is InChI=1S/C23H33N3O4/c1-10-16-11-13-17(14-12-16)18(19(27)25-22(3,4)5)26(9)20(28)15(2)24-21(29)30-23(6,7)8/h1,11-15,18H,2-9H3,(H,24,29)(H,25,27). The van der Waals surface area contributed by atoms with Gasteiger partial charge >= 0.3 is 6.09 Å². The number of likely N-dealkylation sites (N-methyl/N-ethyl adjacent to an activating group) is 1. The van der Waals surface area contributed by atoms with Crippen molar-refractivity contribution in [1.29, 1.82) is 0 Å². The molecule has 2 N–H and O–H groups in total. The Kier molecular flexibility index (Phi) is 8.06. The van der Waals surface area contributed by atoms with E-state index in [0.717, 1.165) is 0 Å². The van der Waals surface area contributed by atoms with E-state index in [4.69, 9.17) is 11.2 Å². The van der Waals surface area contributed by atoms with E-state index < -0.39 is 35.2 Å². The lowest BCUT2D eigenvalue weighted by atomic mass is 10.0. The van der Waals surface area contributed by atoms with Crippen LogP contribution in [0.15, 0.2) is 24.3 Å². The predicted molar refractivity (Wildman–Crippen MR) is 117 cm³/mol. The number of ether oxygens (including phenoxy) is 1. The zero-order chi connectivity index (χ0) is 23.3. The first-order valence-corrected chi connectivity index (χ1v) is 9.79. The second kappa shape index (κ2) is 9.66. The van der Waals surface area contributed by atoms with E-state index in [-0.39, 0.29) is 5.91 Å². The Bertz CT molecular complexity index is 811. The van der Waals surface area contributed by atoms with Crippen LogP contribution in [-0.4, -0.2) is 47.0 Å². The molecule has 7 heteroatoms. The lowest BCUT2D eigenvalue weighted by molar-refractivity contribution is -0.141. The van der Waals surface area contributed by atoms with E-state index in [1.54, 1.807) is 52.0 Å². The van der Waals surface area contributed by atoms with E-state index in [1.165, 1.54) is 11.9 Å². The monoisotopic (exact) mass is 415 g/mol. The van der Waals surface area contributed by atoms with E-state index in [2.05, 4.69) is 16.6 Å². The molecule has 0 fully saturated rings. The van der Waals surface area contributed by atoms with Gasteiger partial charge in [0.05, 0.1) is 0 Å². The third-order valence-corrected chi connectivity index (χ3v) is 3.98. The van der Waals surface area contributed by atoms with Crippen molar-refractivity contribution in [3.63, 3.8) is 0 Å². The summed E-state index contributed by atoms with van der Waals surface area (Å²) < 4.78 is 5.20. The molecule has 0 aliphatic heterocycles. The van der Waals surface area contributed by atoms with Crippen LogP contribution >= 0.6 is 0 Å². The van der Waals surface area contributed by atoms with Gasteiger partial charge in [-0.05, 0) is 66.2 Å². The molecule has 1 rings (SSSR count). The molecule has 0 aliphatic carbocycles. The van der Waals surface area contributed by atoms with Crippen molar-refractivity contribution in [2.45, 2.75) is 71.7 Å². The van der Waals surface area contributed by atoms with Gasteiger partial charge < -0.3 is 20.3 Å². The number of hydrogen-bond donors (Lipinski definition) is 2. The van der Waals surface area contributed by atoms with Crippen molar-refractivity contribution in [3.8, 4) is 12.3 Å². The highest BCUT2D eigenvalue weighted by molar-refractivity contribution is 5.92. The largest absolute Gasteiger partial charge is 0.444 e. The van der Waals surface area contributed by atoms with Crippen LogP contribution in [0.3, 0.4) is 0 Å². The van der Waals surface area contributed by atoms with Crippen molar-refractivity contribution < 1.29 is 19.1 Å². The average Bonchev–Trinajstić information content (AvgIpc) is 2.58. The molecular formula is C23H33N3O4. The minimum Gasteiger partial charge on any atom is -0.444 e. The van der Waals surface area contributed by atoms with Gasteiger partial charge in [-0.3, -0.25) is 9.59 Å². The number of nitrogens with one attached hydrogen (secondary N) is 2. The molecule has 0 spiro atoms. The first-order chi connectivity index (χ1) is 13.6. The molecular weight excluding hydrogens is 382 g/mol. The van der Waals surface area contributed by atoms with E-state index in [9.17, 15) is 14.4 Å². The Labute approximate surface area is 179 Å². The fourth-order valence-electron chi connectivity index (χ4n) is 2.73. The molecule has 0 saturated carbocycles. The molecule has 3 amide bonds. The van der Waals surface area contributed by atoms with Gasteiger partial charge in [0.2, 0.25) is 11.8 Å². The van der Waals surface area contributed by atoms with Crippen LogP contribution in [-0.2, 0) is 14.3 Å². The summed E-state index contributed by atoms with van der Waals surface area (Å²) in [5.74, 6) is 1.76. The topological polar surface area (TPSA) is 87.7 Å². The summed E-state index contributed by atoms with van der Waals surface area (Å²) in [5, 5.41) is 5.43. The summed E-state index contributed by atoms with van der Waals surface area (Å²) in [7, 11) is 1.53. The third-order valence-electron chi connectivity index (χ3n) is 3.98. The fraction of sp³-hybridized carbons (Fsp3) is 0.522. The van der Waals surface area contributed by atoms with Crippen molar-refractivity contribution in [1.82, 2.24) is 15.5 Å². The Morgan fingerprint density at radius 3 is 2.03 bits per heavy atom. The minimum absolute atomic E-state index is 0.337. The van der Waals surface area contributed by atoms with Crippen LogP contribution in [0.4, 0.5) is 4.79 Å². The van der Waals surface area contributed by atoms with Crippen LogP contribution in [0.2, 0.25) is 0 Å². The quantitative estimate of drug-likeness (QED) is 0.724. The lowest BCUT2D eigenvalue weighted by Gasteiger charge is -2.32. The van der Waals surface area contributed by atoms with Crippen LogP contribution in [0.1, 0.15) is 65.6 Å². The van der Waals surface area contributed by atoms with Crippen molar-refractivity contribution in [2.24, 2.45) is 0 Å². The number of carbonyl (C=O) groups is 3. The van der Waals surface area contributed by atoms with Crippen LogP contribution in [0, 0.1) is 12.3 Å². The number of hydrogen-bond acceptors (Lipinski definition) is 4. The molecule has 0 aliphatic rings. The van der Waals surface area contributed by atoms with Gasteiger partial charge in [0.15, 0.2) is 0 Å². The first-order valence-electron chi connectivity index (χ1n) is 9.79. The van der Waals surface area contributed by atoms with Crippen LogP contribution in [0.5, 0.6) is 0 Å². The zero-order valence-corrected chi connectivity index (χ0v) is 19.1. The molecule has 0 bridgehead atoms. The van der Waals surface area contributed by atoms with Crippen LogP contribution < -0.4 is 10.6 Å². The fourth-order valence-corrected chi connectivity index (χ4v) is 2.73. The minimum atomic E-state index is -0.897. The predicted octanol–water partition coefficient (Wildman–Crippen LogP) is 3.00. The van der Waals surface area contributed by atoms with Crippen molar-refractivity contribution in [3.05, 3.63) is 35.4 Å². The van der Waals surface area contributed by atoms with Gasteiger partial charge in [-0.25, -0.2) is 4.79 Å². The molecule has 30 heavy (non-hydrogen) atoms. The Morgan fingerprint density at radius 1 is 1.07 bits per heavy atom.